The van der Waals surface area contributed by atoms with Gasteiger partial charge in [0.15, 0.2) is 0 Å². The molecule has 2 aromatic carbocycles. The Bertz CT molecular complexity index is 1070. The van der Waals surface area contributed by atoms with Crippen molar-refractivity contribution in [3.05, 3.63) is 76.8 Å². The van der Waals surface area contributed by atoms with Gasteiger partial charge in [0.2, 0.25) is 5.91 Å². The van der Waals surface area contributed by atoms with E-state index in [1.165, 1.54) is 22.7 Å². The lowest BCUT2D eigenvalue weighted by Crippen LogP contribution is -2.46. The summed E-state index contributed by atoms with van der Waals surface area (Å²) >= 11 is 1.50. The normalized spacial score (nSPS) is 13.0. The molecule has 0 spiro atoms. The Hall–Kier alpha value is -3.13. The van der Waals surface area contributed by atoms with Crippen LogP contribution in [0.3, 0.4) is 0 Å². The van der Waals surface area contributed by atoms with E-state index in [1.807, 2.05) is 6.26 Å². The second kappa shape index (κ2) is 9.38. The minimum Gasteiger partial charge on any atom is -0.480 e. The number of benzene rings is 2. The minimum atomic E-state index is -1.11. The second-order valence-corrected chi connectivity index (χ2v) is 7.45. The smallest absolute Gasteiger partial charge is 0.326 e. The third-order valence-electron chi connectivity index (χ3n) is 4.56. The van der Waals surface area contributed by atoms with Crippen molar-refractivity contribution in [3.8, 4) is 0 Å². The third-order valence-corrected chi connectivity index (χ3v) is 5.20. The first kappa shape index (κ1) is 20.6. The lowest BCUT2D eigenvalue weighted by molar-refractivity contribution is -0.142. The fraction of sp³-hybridized carbons (Fsp3) is 0.238. The van der Waals surface area contributed by atoms with Gasteiger partial charge in [0.1, 0.15) is 12.1 Å². The molecule has 1 amide bonds. The van der Waals surface area contributed by atoms with Crippen LogP contribution < -0.4 is 10.9 Å². The van der Waals surface area contributed by atoms with Gasteiger partial charge in [-0.2, -0.15) is 11.8 Å². The van der Waals surface area contributed by atoms with Gasteiger partial charge in [-0.3, -0.25) is 14.2 Å². The molecule has 150 valence electrons. The number of nitrogens with zero attached hydrogens (tertiary/aromatic N) is 2. The van der Waals surface area contributed by atoms with Gasteiger partial charge in [-0.1, -0.05) is 42.5 Å². The van der Waals surface area contributed by atoms with Crippen molar-refractivity contribution in [1.29, 1.82) is 0 Å². The Morgan fingerprint density at radius 2 is 1.83 bits per heavy atom. The van der Waals surface area contributed by atoms with E-state index in [-0.39, 0.29) is 12.0 Å². The van der Waals surface area contributed by atoms with Gasteiger partial charge >= 0.3 is 5.97 Å². The number of thioether (sulfide) groups is 1. The van der Waals surface area contributed by atoms with E-state index < -0.39 is 24.0 Å². The zero-order valence-corrected chi connectivity index (χ0v) is 16.6. The van der Waals surface area contributed by atoms with Crippen molar-refractivity contribution < 1.29 is 14.7 Å². The fourth-order valence-corrected chi connectivity index (χ4v) is 3.56. The molecular weight excluding hydrogens is 390 g/mol. The number of para-hydroxylation sites is 1. The number of fused-ring (bicyclic) bond motifs is 1. The zero-order valence-electron chi connectivity index (χ0n) is 15.8. The van der Waals surface area contributed by atoms with E-state index in [2.05, 4.69) is 10.3 Å². The fourth-order valence-electron chi connectivity index (χ4n) is 3.08. The van der Waals surface area contributed by atoms with Crippen LogP contribution in [-0.4, -0.2) is 44.6 Å². The maximum atomic E-state index is 13.1. The van der Waals surface area contributed by atoms with Crippen molar-refractivity contribution in [2.24, 2.45) is 0 Å². The summed E-state index contributed by atoms with van der Waals surface area (Å²) < 4.78 is 1.25. The number of aliphatic carboxylic acids is 1. The molecule has 0 aliphatic rings. The van der Waals surface area contributed by atoms with Crippen LogP contribution in [0.2, 0.25) is 0 Å². The number of hydrogen-bond donors (Lipinski definition) is 2. The largest absolute Gasteiger partial charge is 0.480 e. The number of carbonyl (C=O) groups excluding carboxylic acids is 1. The van der Waals surface area contributed by atoms with E-state index in [0.29, 0.717) is 22.2 Å². The summed E-state index contributed by atoms with van der Waals surface area (Å²) in [7, 11) is 0. The topological polar surface area (TPSA) is 101 Å². The highest BCUT2D eigenvalue weighted by molar-refractivity contribution is 7.98. The monoisotopic (exact) mass is 411 g/mol. The van der Waals surface area contributed by atoms with Crippen molar-refractivity contribution in [1.82, 2.24) is 14.9 Å². The first-order valence-electron chi connectivity index (χ1n) is 9.06. The predicted molar refractivity (Wildman–Crippen MR) is 113 cm³/mol. The molecule has 0 aliphatic heterocycles. The van der Waals surface area contributed by atoms with Crippen LogP contribution in [0.1, 0.15) is 18.0 Å². The molecule has 7 nitrogen and oxygen atoms in total. The van der Waals surface area contributed by atoms with Gasteiger partial charge in [0, 0.05) is 0 Å². The van der Waals surface area contributed by atoms with Gasteiger partial charge < -0.3 is 10.4 Å². The maximum absolute atomic E-state index is 13.1. The van der Waals surface area contributed by atoms with E-state index in [1.54, 1.807) is 54.6 Å². The summed E-state index contributed by atoms with van der Waals surface area (Å²) in [6.45, 7) is 0. The number of aromatic nitrogens is 2. The third kappa shape index (κ3) is 4.65. The Kier molecular flexibility index (Phi) is 6.66. The number of rotatable bonds is 8. The summed E-state index contributed by atoms with van der Waals surface area (Å²) in [6, 6.07) is 13.6. The average Bonchev–Trinajstić information content (AvgIpc) is 2.73. The van der Waals surface area contributed by atoms with Crippen LogP contribution in [0.25, 0.3) is 10.9 Å². The van der Waals surface area contributed by atoms with Gasteiger partial charge in [-0.05, 0) is 36.1 Å². The molecule has 8 heteroatoms. The SMILES string of the molecule is CSCC[C@H](NC(=O)[C@H](c1ccccc1)n1cnc2ccccc2c1=O)C(=O)O. The Balaban J connectivity index is 2.04. The molecule has 0 radical (unpaired) electrons. The van der Waals surface area contributed by atoms with Crippen LogP contribution in [0, 0.1) is 0 Å². The molecule has 2 N–H and O–H groups in total. The lowest BCUT2D eigenvalue weighted by atomic mass is 10.0. The molecule has 0 fully saturated rings. The highest BCUT2D eigenvalue weighted by atomic mass is 32.2. The molecule has 1 heterocycles. The second-order valence-electron chi connectivity index (χ2n) is 6.47. The highest BCUT2D eigenvalue weighted by Gasteiger charge is 2.28. The van der Waals surface area contributed by atoms with Crippen molar-refractivity contribution >= 4 is 34.5 Å². The Morgan fingerprint density at radius 1 is 1.14 bits per heavy atom. The first-order chi connectivity index (χ1) is 14.0. The molecule has 3 aromatic rings. The molecule has 0 aliphatic carbocycles. The van der Waals surface area contributed by atoms with Gasteiger partial charge in [-0.25, -0.2) is 9.78 Å². The predicted octanol–water partition coefficient (Wildman–Crippen LogP) is 2.31. The molecule has 29 heavy (non-hydrogen) atoms. The zero-order chi connectivity index (χ0) is 20.8. The van der Waals surface area contributed by atoms with Crippen molar-refractivity contribution in [2.75, 3.05) is 12.0 Å². The first-order valence-corrected chi connectivity index (χ1v) is 10.4. The van der Waals surface area contributed by atoms with E-state index in [4.69, 9.17) is 0 Å². The van der Waals surface area contributed by atoms with Crippen LogP contribution in [-0.2, 0) is 9.59 Å². The number of nitrogens with one attached hydrogen (secondary N) is 1. The molecule has 1 aromatic heterocycles. The minimum absolute atomic E-state index is 0.286. The summed E-state index contributed by atoms with van der Waals surface area (Å²) in [5, 5.41) is 12.4. The molecule has 0 bridgehead atoms. The van der Waals surface area contributed by atoms with Crippen LogP contribution in [0.15, 0.2) is 65.7 Å². The number of carboxylic acid groups (broad SMARTS) is 1. The van der Waals surface area contributed by atoms with Crippen molar-refractivity contribution in [3.63, 3.8) is 0 Å². The molecular formula is C21H21N3O4S. The summed E-state index contributed by atoms with van der Waals surface area (Å²) in [6.07, 6.45) is 3.49. The summed E-state index contributed by atoms with van der Waals surface area (Å²) in [5.74, 6) is -1.09. The summed E-state index contributed by atoms with van der Waals surface area (Å²) in [4.78, 5) is 42.1. The van der Waals surface area contributed by atoms with Crippen LogP contribution in [0.5, 0.6) is 0 Å². The van der Waals surface area contributed by atoms with E-state index >= 15 is 0 Å². The van der Waals surface area contributed by atoms with E-state index in [9.17, 15) is 19.5 Å². The molecule has 0 saturated carbocycles. The summed E-state index contributed by atoms with van der Waals surface area (Å²) in [5.41, 5.74) is 0.734. The van der Waals surface area contributed by atoms with Crippen LogP contribution >= 0.6 is 11.8 Å². The van der Waals surface area contributed by atoms with Gasteiger partial charge in [-0.15, -0.1) is 0 Å². The van der Waals surface area contributed by atoms with Crippen LogP contribution in [0.4, 0.5) is 0 Å². The molecule has 2 atom stereocenters. The number of amides is 1. The van der Waals surface area contributed by atoms with E-state index in [0.717, 1.165) is 0 Å². The maximum Gasteiger partial charge on any atom is 0.326 e. The molecule has 3 rings (SSSR count). The lowest BCUT2D eigenvalue weighted by Gasteiger charge is -2.22. The standard InChI is InChI=1S/C21H21N3O4S/c1-29-12-11-17(21(27)28)23-19(25)18(14-7-3-2-4-8-14)24-13-22-16-10-6-5-9-15(16)20(24)26/h2-10,13,17-18H,11-12H2,1H3,(H,23,25)(H,27,28)/t17-,18-/m0/s1. The van der Waals surface area contributed by atoms with Crippen molar-refractivity contribution in [2.45, 2.75) is 18.5 Å². The Morgan fingerprint density at radius 3 is 2.52 bits per heavy atom. The number of carboxylic acids is 1. The average molecular weight is 411 g/mol. The number of carbonyl (C=O) groups is 2. The quantitative estimate of drug-likeness (QED) is 0.590. The molecule has 0 saturated heterocycles. The number of hydrogen-bond acceptors (Lipinski definition) is 5. The van der Waals surface area contributed by atoms with Gasteiger partial charge in [0.25, 0.3) is 5.56 Å². The Labute approximate surface area is 171 Å². The molecule has 0 unspecified atom stereocenters. The highest BCUT2D eigenvalue weighted by Crippen LogP contribution is 2.19. The van der Waals surface area contributed by atoms with Gasteiger partial charge in [0.05, 0.1) is 17.2 Å².